The molecule has 18 rings (SSSR count). The van der Waals surface area contributed by atoms with Crippen molar-refractivity contribution < 1.29 is 55.0 Å². The molecule has 0 heterocycles. The molecule has 0 amide bonds. The fourth-order valence-electron chi connectivity index (χ4n) is 13.0. The SMILES string of the molecule is O=C(c1ccccc1)c1cccc(-c2ccccc2)c1.O=C(c1ccccc1)c1cccc(Br)c1.O=[C-]OO.OB(O)c1ccccc1.[K].[K].[Pd].c1ccc(P(c2ccccc2)c2ccccc2)cc1.c1ccc(P(c2ccccc2)c2ccccc2)cc1.c1ccc(P(c2ccccc2)c2ccccc2)cc1.c1ccc(P(c2ccccc2)c2ccccc2)cc1. The summed E-state index contributed by atoms with van der Waals surface area (Å²) in [6.45, 7) is 0.736. The Morgan fingerprint density at radius 3 is 0.591 bits per heavy atom. The summed E-state index contributed by atoms with van der Waals surface area (Å²) >= 11 is 3.35. The number of halogens is 1. The fourth-order valence-corrected chi connectivity index (χ4v) is 22.6. The normalized spacial score (nSPS) is 9.92. The van der Waals surface area contributed by atoms with Crippen molar-refractivity contribution in [3.63, 3.8) is 0 Å². The van der Waals surface area contributed by atoms with E-state index in [1.54, 1.807) is 24.3 Å². The largest absolute Gasteiger partial charge is 0.509 e. The van der Waals surface area contributed by atoms with Crippen LogP contribution in [0.2, 0.25) is 0 Å². The van der Waals surface area contributed by atoms with Crippen molar-refractivity contribution in [1.82, 2.24) is 0 Å². The van der Waals surface area contributed by atoms with Crippen LogP contribution in [0.3, 0.4) is 0 Å². The molecule has 620 valence electrons. The minimum absolute atomic E-state index is 0. The maximum atomic E-state index is 12.4. The van der Waals surface area contributed by atoms with Crippen LogP contribution >= 0.6 is 47.6 Å². The summed E-state index contributed by atoms with van der Waals surface area (Å²) in [4.78, 5) is 35.7. The number of ketones is 2. The first-order chi connectivity index (χ1) is 61.1. The van der Waals surface area contributed by atoms with Crippen LogP contribution in [0.5, 0.6) is 0 Å². The minimum atomic E-state index is -1.34. The molecule has 0 bridgehead atoms. The molecular formula is C111H91BBrK2O7P4Pd-. The Balaban J connectivity index is 0.000000183. The summed E-state index contributed by atoms with van der Waals surface area (Å²) < 4.78 is 0.921. The molecule has 0 aliphatic heterocycles. The second-order valence-electron chi connectivity index (χ2n) is 27.2. The zero-order chi connectivity index (χ0) is 86.2. The van der Waals surface area contributed by atoms with Gasteiger partial charge in [0.1, 0.15) is 0 Å². The number of hydrogen-bond acceptors (Lipinski definition) is 7. The van der Waals surface area contributed by atoms with E-state index in [0.29, 0.717) is 11.0 Å². The number of hydrogen-bond donors (Lipinski definition) is 3. The molecule has 0 fully saturated rings. The Morgan fingerprint density at radius 2 is 0.402 bits per heavy atom. The number of carbonyl (C=O) groups excluding carboxylic acids is 3. The Kier molecular flexibility index (Phi) is 48.7. The monoisotopic (exact) mass is 1930 g/mol. The van der Waals surface area contributed by atoms with E-state index in [2.05, 4.69) is 385 Å². The van der Waals surface area contributed by atoms with Crippen LogP contribution in [0.25, 0.3) is 11.1 Å². The molecule has 2 radical (unpaired) electrons. The summed E-state index contributed by atoms with van der Waals surface area (Å²) in [6.07, 6.45) is 0. The van der Waals surface area contributed by atoms with E-state index in [1.807, 2.05) is 146 Å². The molecule has 0 saturated heterocycles. The second kappa shape index (κ2) is 59.9. The quantitative estimate of drug-likeness (QED) is 0.0184. The Bertz CT molecular complexity index is 5160. The van der Waals surface area contributed by atoms with E-state index < -0.39 is 38.8 Å². The molecule has 16 heteroatoms. The molecule has 0 saturated carbocycles. The van der Waals surface area contributed by atoms with Crippen molar-refractivity contribution >= 4 is 245 Å². The predicted octanol–water partition coefficient (Wildman–Crippen LogP) is 20.2. The van der Waals surface area contributed by atoms with Crippen LogP contribution in [0.15, 0.2) is 538 Å². The molecule has 7 nitrogen and oxygen atoms in total. The molecule has 0 aliphatic carbocycles. The van der Waals surface area contributed by atoms with Gasteiger partial charge in [0, 0.05) is 150 Å². The van der Waals surface area contributed by atoms with Gasteiger partial charge in [0.05, 0.1) is 0 Å². The first-order valence-corrected chi connectivity index (χ1v) is 46.3. The van der Waals surface area contributed by atoms with Gasteiger partial charge in [0.25, 0.3) is 0 Å². The van der Waals surface area contributed by atoms with Crippen molar-refractivity contribution in [3.05, 3.63) is 561 Å². The first kappa shape index (κ1) is 103. The molecule has 127 heavy (non-hydrogen) atoms. The first-order valence-electron chi connectivity index (χ1n) is 40.1. The number of rotatable bonds is 19. The molecule has 0 spiro atoms. The van der Waals surface area contributed by atoms with Crippen molar-refractivity contribution in [2.45, 2.75) is 0 Å². The van der Waals surface area contributed by atoms with E-state index in [1.165, 1.54) is 63.7 Å². The summed E-state index contributed by atoms with van der Waals surface area (Å²) in [7, 11) is -3.13. The number of carbonyl (C=O) groups is 2. The fraction of sp³-hybridized carbons (Fsp3) is 0. The predicted molar refractivity (Wildman–Crippen MR) is 544 cm³/mol. The van der Waals surface area contributed by atoms with Crippen molar-refractivity contribution in [2.24, 2.45) is 0 Å². The molecule has 18 aromatic carbocycles. The van der Waals surface area contributed by atoms with E-state index in [0.717, 1.165) is 38.8 Å². The molecule has 0 atom stereocenters. The zero-order valence-corrected chi connectivity index (χ0v) is 83.3. The van der Waals surface area contributed by atoms with Gasteiger partial charge in [-0.3, -0.25) is 9.59 Å². The Morgan fingerprint density at radius 1 is 0.236 bits per heavy atom. The van der Waals surface area contributed by atoms with Gasteiger partial charge in [-0.15, -0.1) is 0 Å². The molecular weight excluding hydrogens is 1840 g/mol. The van der Waals surface area contributed by atoms with Gasteiger partial charge in [0.15, 0.2) is 11.6 Å². The van der Waals surface area contributed by atoms with Crippen LogP contribution in [0.1, 0.15) is 31.8 Å². The van der Waals surface area contributed by atoms with Crippen molar-refractivity contribution in [2.75, 3.05) is 0 Å². The summed E-state index contributed by atoms with van der Waals surface area (Å²) in [6, 6.07) is 182. The second-order valence-corrected chi connectivity index (χ2v) is 37.0. The van der Waals surface area contributed by atoms with Crippen LogP contribution in [-0.2, 0) is 30.1 Å². The molecule has 18 aromatic rings. The van der Waals surface area contributed by atoms with Gasteiger partial charge in [-0.25, -0.2) is 5.26 Å². The van der Waals surface area contributed by atoms with Gasteiger partial charge in [0.2, 0.25) is 0 Å². The molecule has 0 aromatic heterocycles. The third-order valence-electron chi connectivity index (χ3n) is 18.7. The third-order valence-corrected chi connectivity index (χ3v) is 29.0. The van der Waals surface area contributed by atoms with Crippen molar-refractivity contribution in [1.29, 1.82) is 0 Å². The van der Waals surface area contributed by atoms with Gasteiger partial charge < -0.3 is 19.7 Å². The summed E-state index contributed by atoms with van der Waals surface area (Å²) in [5.74, 6) is 0.111. The van der Waals surface area contributed by atoms with Crippen LogP contribution in [-0.4, -0.2) is 143 Å². The van der Waals surface area contributed by atoms with Crippen LogP contribution in [0, 0.1) is 0 Å². The van der Waals surface area contributed by atoms with Gasteiger partial charge >= 0.3 is 7.12 Å². The van der Waals surface area contributed by atoms with Crippen LogP contribution in [0.4, 0.5) is 0 Å². The average Bonchev–Trinajstić information content (AvgIpc) is 0.831. The van der Waals surface area contributed by atoms with Gasteiger partial charge in [-0.05, 0) is 137 Å². The smallest absolute Gasteiger partial charge is 0.488 e. The molecule has 3 N–H and O–H groups in total. The van der Waals surface area contributed by atoms with E-state index in [9.17, 15) is 9.59 Å². The molecule has 0 unspecified atom stereocenters. The van der Waals surface area contributed by atoms with E-state index in [-0.39, 0.29) is 135 Å². The Hall–Kier alpha value is -9.15. The third kappa shape index (κ3) is 34.3. The molecule has 0 aliphatic rings. The maximum Gasteiger partial charge on any atom is 0.488 e. The van der Waals surface area contributed by atoms with E-state index in [4.69, 9.17) is 20.1 Å². The average molecular weight is 1940 g/mol. The maximum absolute atomic E-state index is 12.4. The standard InChI is InChI=1S/C19H14O.4C18H15P.C13H9BrO.C6H7BO2.CHO3.2K.Pd/c20-19(16-10-5-2-6-11-16)18-13-7-12-17(14-18)15-8-3-1-4-9-15;4*1-4-10-16(11-5-1)19(17-12-6-2-7-13-17)18-14-8-3-9-15-18;14-12-8-4-7-11(9-12)13(15)10-5-2-1-3-6-10;8-7(9)6-4-2-1-3-5-6;2-1-4-3;;;/h1-14H;4*1-15H;1-9H;1-5,8-9H;3H;;;/q;;;;;;;-1;;;. The van der Waals surface area contributed by atoms with Gasteiger partial charge in [-0.1, -0.05) is 532 Å². The zero-order valence-electron chi connectivity index (χ0n) is 70.3. The number of benzene rings is 18. The van der Waals surface area contributed by atoms with E-state index >= 15 is 0 Å². The summed E-state index contributed by atoms with van der Waals surface area (Å²) in [5.41, 5.74) is 5.57. The minimum Gasteiger partial charge on any atom is -0.509 e. The summed E-state index contributed by atoms with van der Waals surface area (Å²) in [5, 5.41) is 40.9. The Labute approximate surface area is 860 Å². The van der Waals surface area contributed by atoms with Crippen LogP contribution < -0.4 is 69.1 Å². The van der Waals surface area contributed by atoms with Gasteiger partial charge in [-0.2, -0.15) is 0 Å². The van der Waals surface area contributed by atoms with Crippen molar-refractivity contribution in [3.8, 4) is 11.1 Å². The topological polar surface area (TPSA) is 121 Å².